The van der Waals surface area contributed by atoms with Crippen molar-refractivity contribution in [2.75, 3.05) is 56.2 Å². The van der Waals surface area contributed by atoms with Crippen molar-refractivity contribution in [1.29, 1.82) is 0 Å². The summed E-state index contributed by atoms with van der Waals surface area (Å²) in [6.07, 6.45) is -1.02. The third-order valence-corrected chi connectivity index (χ3v) is 7.15. The SMILES string of the molecule is CNCCCC(=O)N(C[C@H]1CN(c2ccc(N3CCOCC3=O)cc2F)C(=O)O1)C(=O)c1ccc(Cl)s1. The normalized spacial score (nSPS) is 17.8. The quantitative estimate of drug-likeness (QED) is 0.476. The lowest BCUT2D eigenvalue weighted by Gasteiger charge is -2.27. The van der Waals surface area contributed by atoms with Crippen molar-refractivity contribution < 1.29 is 33.0 Å². The molecule has 1 N–H and O–H groups in total. The highest BCUT2D eigenvalue weighted by atomic mass is 35.5. The van der Waals surface area contributed by atoms with E-state index < -0.39 is 29.8 Å². The van der Waals surface area contributed by atoms with Gasteiger partial charge in [0.2, 0.25) is 5.91 Å². The van der Waals surface area contributed by atoms with Gasteiger partial charge < -0.3 is 19.7 Å². The summed E-state index contributed by atoms with van der Waals surface area (Å²) >= 11 is 7.01. The van der Waals surface area contributed by atoms with E-state index in [2.05, 4.69) is 5.32 Å². The average molecular weight is 553 g/mol. The van der Waals surface area contributed by atoms with Crippen molar-refractivity contribution in [3.8, 4) is 0 Å². The molecule has 0 aliphatic carbocycles. The minimum absolute atomic E-state index is 0.0276. The van der Waals surface area contributed by atoms with E-state index in [-0.39, 0.29) is 42.6 Å². The Morgan fingerprint density at radius 2 is 2.05 bits per heavy atom. The highest BCUT2D eigenvalue weighted by Crippen LogP contribution is 2.30. The maximum atomic E-state index is 15.0. The standard InChI is InChI=1S/C24H26ClFN4O6S/c1-27-8-2-3-21(31)30(23(33)19-6-7-20(25)37-19)13-16-12-29(24(34)36-16)18-5-4-15(11-17(18)26)28-9-10-35-14-22(28)32/h4-7,11,16,27H,2-3,8-10,12-14H2,1H3/t16-/m1/s1. The number of benzene rings is 1. The van der Waals surface area contributed by atoms with Gasteiger partial charge in [-0.1, -0.05) is 11.6 Å². The zero-order valence-corrected chi connectivity index (χ0v) is 21.6. The molecule has 1 aromatic carbocycles. The molecule has 2 aromatic rings. The molecule has 4 amide bonds. The van der Waals surface area contributed by atoms with Crippen LogP contribution in [0.25, 0.3) is 0 Å². The first kappa shape index (κ1) is 27.0. The van der Waals surface area contributed by atoms with E-state index in [0.29, 0.717) is 36.1 Å². The lowest BCUT2D eigenvalue weighted by atomic mass is 10.2. The lowest BCUT2D eigenvalue weighted by molar-refractivity contribution is -0.129. The summed E-state index contributed by atoms with van der Waals surface area (Å²) in [5.41, 5.74) is 0.331. The zero-order chi connectivity index (χ0) is 26.5. The summed E-state index contributed by atoms with van der Waals surface area (Å²) in [5.74, 6) is -1.94. The lowest BCUT2D eigenvalue weighted by Crippen LogP contribution is -2.43. The first-order chi connectivity index (χ1) is 17.8. The van der Waals surface area contributed by atoms with E-state index >= 15 is 4.39 Å². The van der Waals surface area contributed by atoms with Crippen molar-refractivity contribution in [2.45, 2.75) is 18.9 Å². The van der Waals surface area contributed by atoms with Gasteiger partial charge in [-0.25, -0.2) is 9.18 Å². The minimum Gasteiger partial charge on any atom is -0.442 e. The molecular weight excluding hydrogens is 527 g/mol. The highest BCUT2D eigenvalue weighted by Gasteiger charge is 2.37. The summed E-state index contributed by atoms with van der Waals surface area (Å²) in [4.78, 5) is 54.6. The van der Waals surface area contributed by atoms with Gasteiger partial charge in [-0.2, -0.15) is 0 Å². The van der Waals surface area contributed by atoms with Crippen LogP contribution >= 0.6 is 22.9 Å². The molecule has 13 heteroatoms. The summed E-state index contributed by atoms with van der Waals surface area (Å²) in [6, 6.07) is 7.23. The van der Waals surface area contributed by atoms with Gasteiger partial charge in [-0.15, -0.1) is 11.3 Å². The molecule has 0 spiro atoms. The highest BCUT2D eigenvalue weighted by molar-refractivity contribution is 7.18. The fourth-order valence-electron chi connectivity index (χ4n) is 4.10. The number of carbonyl (C=O) groups excluding carboxylic acids is 4. The molecule has 2 aliphatic rings. The van der Waals surface area contributed by atoms with Crippen LogP contribution in [-0.4, -0.2) is 81.3 Å². The molecule has 0 radical (unpaired) electrons. The van der Waals surface area contributed by atoms with Gasteiger partial charge in [0.05, 0.1) is 34.6 Å². The number of cyclic esters (lactones) is 1. The molecule has 0 saturated carbocycles. The van der Waals surface area contributed by atoms with Gasteiger partial charge in [-0.05, 0) is 50.3 Å². The van der Waals surface area contributed by atoms with Crippen LogP contribution < -0.4 is 15.1 Å². The predicted octanol–water partition coefficient (Wildman–Crippen LogP) is 2.90. The summed E-state index contributed by atoms with van der Waals surface area (Å²) in [5, 5.41) is 2.95. The molecule has 10 nitrogen and oxygen atoms in total. The Hall–Kier alpha value is -3.06. The second kappa shape index (κ2) is 12.0. The Labute approximate surface area is 221 Å². The number of nitrogens with zero attached hydrogens (tertiary/aromatic N) is 3. The Bertz CT molecular complexity index is 1190. The minimum atomic E-state index is -0.861. The average Bonchev–Trinajstić information content (AvgIpc) is 3.47. The number of carbonyl (C=O) groups is 4. The molecule has 1 aromatic heterocycles. The van der Waals surface area contributed by atoms with Crippen molar-refractivity contribution in [3.63, 3.8) is 0 Å². The van der Waals surface area contributed by atoms with Crippen LogP contribution in [-0.2, 0) is 19.1 Å². The first-order valence-electron chi connectivity index (χ1n) is 11.7. The molecule has 4 rings (SSSR count). The summed E-state index contributed by atoms with van der Waals surface area (Å²) in [7, 11) is 1.76. The van der Waals surface area contributed by atoms with Gasteiger partial charge >= 0.3 is 6.09 Å². The number of hydrogen-bond acceptors (Lipinski definition) is 8. The van der Waals surface area contributed by atoms with Gasteiger partial charge in [0.15, 0.2) is 0 Å². The fraction of sp³-hybridized carbons (Fsp3) is 0.417. The molecule has 37 heavy (non-hydrogen) atoms. The second-order valence-electron chi connectivity index (χ2n) is 8.47. The molecule has 198 valence electrons. The van der Waals surface area contributed by atoms with Crippen molar-refractivity contribution >= 4 is 58.1 Å². The van der Waals surface area contributed by atoms with Crippen LogP contribution in [0.3, 0.4) is 0 Å². The number of imide groups is 1. The third kappa shape index (κ3) is 6.27. The maximum Gasteiger partial charge on any atom is 0.414 e. The summed E-state index contributed by atoms with van der Waals surface area (Å²) in [6.45, 7) is 0.907. The van der Waals surface area contributed by atoms with Crippen LogP contribution in [0.4, 0.5) is 20.6 Å². The summed E-state index contributed by atoms with van der Waals surface area (Å²) < 4.78 is 26.0. The van der Waals surface area contributed by atoms with E-state index in [0.717, 1.165) is 21.1 Å². The van der Waals surface area contributed by atoms with Gasteiger partial charge in [0.1, 0.15) is 18.5 Å². The number of thiophene rings is 1. The Morgan fingerprint density at radius 1 is 1.24 bits per heavy atom. The Balaban J connectivity index is 1.48. The smallest absolute Gasteiger partial charge is 0.414 e. The maximum absolute atomic E-state index is 15.0. The molecule has 2 aliphatic heterocycles. The van der Waals surface area contributed by atoms with Crippen LogP contribution in [0.1, 0.15) is 22.5 Å². The van der Waals surface area contributed by atoms with Gasteiger partial charge in [-0.3, -0.25) is 24.2 Å². The Kier molecular flexibility index (Phi) is 8.75. The number of amides is 4. The van der Waals surface area contributed by atoms with Crippen LogP contribution in [0.15, 0.2) is 30.3 Å². The monoisotopic (exact) mass is 552 g/mol. The number of ether oxygens (including phenoxy) is 2. The van der Waals surface area contributed by atoms with E-state index in [4.69, 9.17) is 21.1 Å². The first-order valence-corrected chi connectivity index (χ1v) is 12.9. The van der Waals surface area contributed by atoms with Gasteiger partial charge in [0, 0.05) is 18.7 Å². The van der Waals surface area contributed by atoms with Gasteiger partial charge in [0.25, 0.3) is 11.8 Å². The molecule has 2 saturated heterocycles. The van der Waals surface area contributed by atoms with Crippen LogP contribution in [0.2, 0.25) is 4.34 Å². The predicted molar refractivity (Wildman–Crippen MR) is 136 cm³/mol. The van der Waals surface area contributed by atoms with E-state index in [1.807, 2.05) is 0 Å². The van der Waals surface area contributed by atoms with Crippen LogP contribution in [0, 0.1) is 5.82 Å². The molecule has 1 atom stereocenters. The number of rotatable bonds is 9. The number of hydrogen-bond donors (Lipinski definition) is 1. The van der Waals surface area contributed by atoms with Crippen molar-refractivity contribution in [3.05, 3.63) is 45.4 Å². The Morgan fingerprint density at radius 3 is 2.73 bits per heavy atom. The largest absolute Gasteiger partial charge is 0.442 e. The zero-order valence-electron chi connectivity index (χ0n) is 20.1. The van der Waals surface area contributed by atoms with Crippen molar-refractivity contribution in [2.24, 2.45) is 0 Å². The van der Waals surface area contributed by atoms with Crippen molar-refractivity contribution in [1.82, 2.24) is 10.2 Å². The topological polar surface area (TPSA) is 108 Å². The fourth-order valence-corrected chi connectivity index (χ4v) is 5.09. The number of anilines is 2. The number of halogens is 2. The van der Waals surface area contributed by atoms with E-state index in [1.165, 1.54) is 23.1 Å². The number of morpholine rings is 1. The second-order valence-corrected chi connectivity index (χ2v) is 10.2. The third-order valence-electron chi connectivity index (χ3n) is 5.93. The molecule has 2 fully saturated rings. The van der Waals surface area contributed by atoms with E-state index in [1.54, 1.807) is 19.2 Å². The molecule has 0 bridgehead atoms. The van der Waals surface area contributed by atoms with E-state index in [9.17, 15) is 19.2 Å². The number of nitrogens with one attached hydrogen (secondary N) is 1. The molecule has 0 unspecified atom stereocenters. The molecular formula is C24H26ClFN4O6S. The van der Waals surface area contributed by atoms with Crippen LogP contribution in [0.5, 0.6) is 0 Å². The molecule has 3 heterocycles.